The number of hydrogen-bond donors (Lipinski definition) is 0. The van der Waals surface area contributed by atoms with Crippen molar-refractivity contribution in [2.75, 3.05) is 27.4 Å². The molecule has 0 radical (unpaired) electrons. The van der Waals surface area contributed by atoms with E-state index in [-0.39, 0.29) is 5.57 Å². The zero-order chi connectivity index (χ0) is 32.3. The normalized spacial score (nSPS) is 11.3. The molecule has 0 saturated heterocycles. The van der Waals surface area contributed by atoms with Crippen LogP contribution in [-0.4, -0.2) is 34.2 Å². The summed E-state index contributed by atoms with van der Waals surface area (Å²) in [6, 6.07) is 0. The standard InChI is InChI=1S/C29H41FO3.C3H6.C2H6.CH2O/c1-20(2)12-13-21(3)22(4)14-15-23(5)26(8)28(30)18-24(6)25(7)19-29(27(9)32-11)33-17-16-31-10;1-3-2;2*1-2/h14-15,18-21H,4-9,12-13,16-17H2,1-3,10-11H3;3H,1H2,2H3;1-2H3;1H2/b15-14-,28-18+,29-19+;;;. The molecule has 5 heteroatoms. The van der Waals surface area contributed by atoms with Crippen molar-refractivity contribution in [3.8, 4) is 0 Å². The highest BCUT2D eigenvalue weighted by atomic mass is 19.1. The van der Waals surface area contributed by atoms with Gasteiger partial charge < -0.3 is 19.0 Å². The minimum Gasteiger partial charge on any atom is -0.493 e. The molecule has 0 aliphatic rings. The largest absolute Gasteiger partial charge is 0.493 e. The Hall–Kier alpha value is -3.44. The van der Waals surface area contributed by atoms with E-state index in [1.165, 1.54) is 13.2 Å². The predicted molar refractivity (Wildman–Crippen MR) is 174 cm³/mol. The van der Waals surface area contributed by atoms with Crippen molar-refractivity contribution in [3.63, 3.8) is 0 Å². The molecule has 0 heterocycles. The van der Waals surface area contributed by atoms with Crippen molar-refractivity contribution in [3.05, 3.63) is 122 Å². The van der Waals surface area contributed by atoms with Gasteiger partial charge in [-0.3, -0.25) is 0 Å². The van der Waals surface area contributed by atoms with E-state index >= 15 is 0 Å². The molecule has 4 nitrogen and oxygen atoms in total. The molecule has 0 aromatic rings. The Morgan fingerprint density at radius 2 is 1.32 bits per heavy atom. The van der Waals surface area contributed by atoms with Crippen LogP contribution in [0.5, 0.6) is 0 Å². The molecular formula is C35H55FO4. The molecule has 0 aliphatic heterocycles. The highest BCUT2D eigenvalue weighted by Crippen LogP contribution is 2.25. The lowest BCUT2D eigenvalue weighted by Gasteiger charge is -2.13. The van der Waals surface area contributed by atoms with Gasteiger partial charge in [-0.1, -0.05) is 104 Å². The average Bonchev–Trinajstić information content (AvgIpc) is 2.95. The Morgan fingerprint density at radius 3 is 1.77 bits per heavy atom. The summed E-state index contributed by atoms with van der Waals surface area (Å²) < 4.78 is 30.5. The first kappa shape index (κ1) is 43.6. The molecule has 1 unspecified atom stereocenters. The third-order valence-corrected chi connectivity index (χ3v) is 5.07. The first-order valence-electron chi connectivity index (χ1n) is 13.3. The fourth-order valence-corrected chi connectivity index (χ4v) is 2.52. The van der Waals surface area contributed by atoms with Crippen molar-refractivity contribution in [1.29, 1.82) is 0 Å². The summed E-state index contributed by atoms with van der Waals surface area (Å²) in [7, 11) is 3.06. The lowest BCUT2D eigenvalue weighted by molar-refractivity contribution is -0.0980. The van der Waals surface area contributed by atoms with Gasteiger partial charge in [0.05, 0.1) is 13.7 Å². The van der Waals surface area contributed by atoms with Crippen molar-refractivity contribution < 1.29 is 23.4 Å². The first-order valence-corrected chi connectivity index (χ1v) is 13.3. The van der Waals surface area contributed by atoms with Crippen molar-refractivity contribution in [2.24, 2.45) is 11.8 Å². The van der Waals surface area contributed by atoms with Gasteiger partial charge in [0.1, 0.15) is 19.2 Å². The summed E-state index contributed by atoms with van der Waals surface area (Å²) in [5, 5.41) is 0. The smallest absolute Gasteiger partial charge is 0.161 e. The molecule has 1 atom stereocenters. The first-order chi connectivity index (χ1) is 18.9. The number of carbonyl (C=O) groups is 1. The number of ether oxygens (including phenoxy) is 3. The molecule has 0 amide bonds. The van der Waals surface area contributed by atoms with Crippen LogP contribution in [0.4, 0.5) is 4.39 Å². The fraction of sp³-hybridized carbons (Fsp3) is 0.400. The summed E-state index contributed by atoms with van der Waals surface area (Å²) in [6.45, 7) is 42.0. The monoisotopic (exact) mass is 558 g/mol. The maximum absolute atomic E-state index is 14.8. The summed E-state index contributed by atoms with van der Waals surface area (Å²) in [5.74, 6) is 1.13. The molecule has 0 fully saturated rings. The van der Waals surface area contributed by atoms with Crippen LogP contribution < -0.4 is 0 Å². The van der Waals surface area contributed by atoms with E-state index in [0.717, 1.165) is 18.4 Å². The van der Waals surface area contributed by atoms with Crippen LogP contribution in [0.25, 0.3) is 0 Å². The molecule has 0 aromatic heterocycles. The van der Waals surface area contributed by atoms with Crippen LogP contribution in [-0.2, 0) is 19.0 Å². The number of hydrogen-bond acceptors (Lipinski definition) is 4. The lowest BCUT2D eigenvalue weighted by Crippen LogP contribution is -2.04. The Bertz CT molecular complexity index is 900. The van der Waals surface area contributed by atoms with E-state index in [1.54, 1.807) is 25.3 Å². The van der Waals surface area contributed by atoms with Crippen LogP contribution in [0.1, 0.15) is 54.4 Å². The zero-order valence-corrected chi connectivity index (χ0v) is 26.5. The maximum atomic E-state index is 14.8. The fourth-order valence-electron chi connectivity index (χ4n) is 2.52. The molecule has 0 N–H and O–H groups in total. The molecule has 0 rings (SSSR count). The van der Waals surface area contributed by atoms with E-state index in [9.17, 15) is 4.39 Å². The second kappa shape index (κ2) is 28.6. The molecule has 0 saturated carbocycles. The molecule has 40 heavy (non-hydrogen) atoms. The van der Waals surface area contributed by atoms with Gasteiger partial charge in [0.2, 0.25) is 0 Å². The highest BCUT2D eigenvalue weighted by molar-refractivity contribution is 5.53. The third-order valence-electron chi connectivity index (χ3n) is 5.07. The van der Waals surface area contributed by atoms with Gasteiger partial charge in [-0.15, -0.1) is 6.58 Å². The van der Waals surface area contributed by atoms with E-state index in [2.05, 4.69) is 66.8 Å². The van der Waals surface area contributed by atoms with Crippen molar-refractivity contribution >= 4 is 6.79 Å². The van der Waals surface area contributed by atoms with E-state index in [4.69, 9.17) is 19.0 Å². The highest BCUT2D eigenvalue weighted by Gasteiger charge is 2.10. The Morgan fingerprint density at radius 1 is 0.825 bits per heavy atom. The van der Waals surface area contributed by atoms with Gasteiger partial charge in [0.25, 0.3) is 0 Å². The van der Waals surface area contributed by atoms with Crippen LogP contribution in [0.3, 0.4) is 0 Å². The van der Waals surface area contributed by atoms with Crippen LogP contribution in [0.15, 0.2) is 122 Å². The van der Waals surface area contributed by atoms with Crippen LogP contribution in [0.2, 0.25) is 0 Å². The molecular weight excluding hydrogens is 503 g/mol. The second-order valence-corrected chi connectivity index (χ2v) is 8.71. The predicted octanol–water partition coefficient (Wildman–Crippen LogP) is 9.99. The van der Waals surface area contributed by atoms with Gasteiger partial charge in [0, 0.05) is 12.7 Å². The van der Waals surface area contributed by atoms with Crippen molar-refractivity contribution in [1.82, 2.24) is 0 Å². The topological polar surface area (TPSA) is 44.8 Å². The molecule has 0 spiro atoms. The van der Waals surface area contributed by atoms with E-state index < -0.39 is 5.83 Å². The van der Waals surface area contributed by atoms with Crippen LogP contribution >= 0.6 is 0 Å². The summed E-state index contributed by atoms with van der Waals surface area (Å²) in [4.78, 5) is 8.00. The van der Waals surface area contributed by atoms with E-state index in [1.807, 2.05) is 33.6 Å². The number of rotatable bonds is 17. The Labute approximate surface area is 245 Å². The minimum atomic E-state index is -0.546. The van der Waals surface area contributed by atoms with Gasteiger partial charge in [0.15, 0.2) is 11.5 Å². The average molecular weight is 559 g/mol. The Balaban J connectivity index is -0.000000842. The summed E-state index contributed by atoms with van der Waals surface area (Å²) >= 11 is 0. The minimum absolute atomic E-state index is 0.171. The van der Waals surface area contributed by atoms with E-state index in [0.29, 0.717) is 53.3 Å². The number of allylic oxidation sites excluding steroid dienone is 11. The van der Waals surface area contributed by atoms with Gasteiger partial charge >= 0.3 is 0 Å². The SMILES string of the molecule is C=C(/C=C\C(=C)C(C)CCC(C)C)C(=C)/C(F)=C\C(=C)C(=C)/C=C(/OCCOC)C(=C)OC.C=CC.C=O.CC. The van der Waals surface area contributed by atoms with Crippen molar-refractivity contribution in [2.45, 2.75) is 54.4 Å². The third kappa shape index (κ3) is 22.5. The second-order valence-electron chi connectivity index (χ2n) is 8.71. The summed E-state index contributed by atoms with van der Waals surface area (Å²) in [6.07, 6.45) is 10.4. The molecule has 226 valence electrons. The number of halogens is 1. The molecule has 0 bridgehead atoms. The zero-order valence-electron chi connectivity index (χ0n) is 26.5. The van der Waals surface area contributed by atoms with Gasteiger partial charge in [-0.2, -0.15) is 0 Å². The quantitative estimate of drug-likeness (QED) is 0.0771. The van der Waals surface area contributed by atoms with Gasteiger partial charge in [-0.25, -0.2) is 4.39 Å². The number of carbonyl (C=O) groups excluding carboxylic acids is 1. The maximum Gasteiger partial charge on any atom is 0.161 e. The van der Waals surface area contributed by atoms with Crippen LogP contribution in [0, 0.1) is 11.8 Å². The molecule has 0 aliphatic carbocycles. The number of methoxy groups -OCH3 is 2. The van der Waals surface area contributed by atoms with Gasteiger partial charge in [-0.05, 0) is 54.1 Å². The lowest BCUT2D eigenvalue weighted by atomic mass is 9.93. The summed E-state index contributed by atoms with van der Waals surface area (Å²) in [5.41, 5.74) is 2.42. The molecule has 0 aromatic carbocycles. The Kier molecular flexibility index (Phi) is 31.1.